The van der Waals surface area contributed by atoms with E-state index in [9.17, 15) is 4.79 Å². The molecule has 0 saturated heterocycles. The van der Waals surface area contributed by atoms with Gasteiger partial charge in [0.2, 0.25) is 5.91 Å². The third kappa shape index (κ3) is 3.91. The van der Waals surface area contributed by atoms with Crippen LogP contribution in [-0.4, -0.2) is 25.1 Å². The third-order valence-corrected chi connectivity index (χ3v) is 5.71. The Bertz CT molecular complexity index is 756. The maximum Gasteiger partial charge on any atom is 0.248 e. The van der Waals surface area contributed by atoms with Crippen molar-refractivity contribution in [2.45, 2.75) is 31.7 Å². The van der Waals surface area contributed by atoms with E-state index in [-0.39, 0.29) is 0 Å². The normalized spacial score (nSPS) is 23.9. The minimum atomic E-state index is -0.408. The van der Waals surface area contributed by atoms with Crippen LogP contribution in [0.2, 0.25) is 0 Å². The molecule has 3 aliphatic rings. The molecule has 4 heteroatoms. The first-order valence-electron chi connectivity index (χ1n) is 9.54. The predicted octanol–water partition coefficient (Wildman–Crippen LogP) is 3.61. The summed E-state index contributed by atoms with van der Waals surface area (Å²) in [5.41, 5.74) is 7.89. The number of rotatable bonds is 7. The van der Waals surface area contributed by atoms with Crippen molar-refractivity contribution in [3.8, 4) is 16.9 Å². The number of carbonyl (C=O) groups excluding carboxylic acids is 1. The minimum Gasteiger partial charge on any atom is -0.492 e. The smallest absolute Gasteiger partial charge is 0.248 e. The van der Waals surface area contributed by atoms with Crippen molar-refractivity contribution in [3.05, 3.63) is 54.1 Å². The first-order valence-corrected chi connectivity index (χ1v) is 9.54. The van der Waals surface area contributed by atoms with Gasteiger partial charge in [-0.2, -0.15) is 0 Å². The maximum atomic E-state index is 11.3. The quantitative estimate of drug-likeness (QED) is 0.750. The van der Waals surface area contributed by atoms with Gasteiger partial charge in [0.25, 0.3) is 0 Å². The fraction of sp³-hybridized carbons (Fsp3) is 0.409. The molecule has 0 radical (unpaired) electrons. The Labute approximate surface area is 154 Å². The molecule has 0 aliphatic heterocycles. The molecule has 4 nitrogen and oxygen atoms in total. The monoisotopic (exact) mass is 350 g/mol. The molecule has 0 unspecified atom stereocenters. The third-order valence-electron chi connectivity index (χ3n) is 5.71. The molecule has 2 bridgehead atoms. The van der Waals surface area contributed by atoms with Crippen molar-refractivity contribution < 1.29 is 9.53 Å². The lowest BCUT2D eigenvalue weighted by Gasteiger charge is -2.45. The van der Waals surface area contributed by atoms with Crippen molar-refractivity contribution >= 4 is 5.91 Å². The summed E-state index contributed by atoms with van der Waals surface area (Å²) in [7, 11) is 0. The minimum absolute atomic E-state index is 0.408. The largest absolute Gasteiger partial charge is 0.492 e. The first-order chi connectivity index (χ1) is 12.7. The van der Waals surface area contributed by atoms with Crippen LogP contribution in [0.1, 0.15) is 36.0 Å². The Hall–Kier alpha value is -2.33. The van der Waals surface area contributed by atoms with Crippen LogP contribution in [0.25, 0.3) is 11.1 Å². The number of benzene rings is 2. The van der Waals surface area contributed by atoms with Crippen molar-refractivity contribution in [1.82, 2.24) is 5.32 Å². The number of nitrogens with two attached hydrogens (primary N) is 1. The Morgan fingerprint density at radius 3 is 2.42 bits per heavy atom. The molecule has 3 fully saturated rings. The SMILES string of the molecule is NC(=O)c1cccc(-c2ccc(OCCNC3C[C@H]4C[C@@H](C3)C4)cc2)c1. The van der Waals surface area contributed by atoms with Gasteiger partial charge in [-0.05, 0) is 72.9 Å². The second-order valence-corrected chi connectivity index (χ2v) is 7.64. The van der Waals surface area contributed by atoms with Crippen LogP contribution in [0.4, 0.5) is 0 Å². The summed E-state index contributed by atoms with van der Waals surface area (Å²) in [6.07, 6.45) is 5.61. The second kappa shape index (κ2) is 7.50. The highest BCUT2D eigenvalue weighted by Crippen LogP contribution is 2.45. The molecule has 0 heterocycles. The Kier molecular flexibility index (Phi) is 4.93. The van der Waals surface area contributed by atoms with Crippen LogP contribution in [0.5, 0.6) is 5.75 Å². The molecule has 26 heavy (non-hydrogen) atoms. The van der Waals surface area contributed by atoms with Crippen LogP contribution in [0, 0.1) is 11.8 Å². The molecular weight excluding hydrogens is 324 g/mol. The molecule has 5 rings (SSSR count). The van der Waals surface area contributed by atoms with Crippen LogP contribution in [0.15, 0.2) is 48.5 Å². The molecule has 1 amide bonds. The summed E-state index contributed by atoms with van der Waals surface area (Å²) in [6.45, 7) is 1.58. The topological polar surface area (TPSA) is 64.4 Å². The summed E-state index contributed by atoms with van der Waals surface area (Å²) in [4.78, 5) is 11.3. The van der Waals surface area contributed by atoms with Gasteiger partial charge in [0.15, 0.2) is 0 Å². The van der Waals surface area contributed by atoms with E-state index in [2.05, 4.69) is 5.32 Å². The average Bonchev–Trinajstić information content (AvgIpc) is 2.65. The van der Waals surface area contributed by atoms with Gasteiger partial charge in [-0.1, -0.05) is 24.3 Å². The van der Waals surface area contributed by atoms with Gasteiger partial charge in [0.05, 0.1) is 0 Å². The van der Waals surface area contributed by atoms with Gasteiger partial charge in [0, 0.05) is 18.2 Å². The number of nitrogens with one attached hydrogen (secondary N) is 1. The number of hydrogen-bond donors (Lipinski definition) is 2. The van der Waals surface area contributed by atoms with E-state index in [1.807, 2.05) is 42.5 Å². The highest BCUT2D eigenvalue weighted by atomic mass is 16.5. The fourth-order valence-corrected chi connectivity index (χ4v) is 4.35. The van der Waals surface area contributed by atoms with Crippen LogP contribution >= 0.6 is 0 Å². The molecule has 0 atom stereocenters. The molecule has 3 N–H and O–H groups in total. The van der Waals surface area contributed by atoms with Crippen LogP contribution in [0.3, 0.4) is 0 Å². The highest BCUT2D eigenvalue weighted by molar-refractivity contribution is 5.94. The summed E-state index contributed by atoms with van der Waals surface area (Å²) in [5, 5.41) is 3.64. The molecular formula is C22H26N2O2. The van der Waals surface area contributed by atoms with Crippen molar-refractivity contribution in [1.29, 1.82) is 0 Å². The van der Waals surface area contributed by atoms with Gasteiger partial charge in [-0.15, -0.1) is 0 Å². The van der Waals surface area contributed by atoms with E-state index < -0.39 is 5.91 Å². The lowest BCUT2D eigenvalue weighted by atomic mass is 9.63. The molecule has 0 spiro atoms. The Morgan fingerprint density at radius 2 is 1.73 bits per heavy atom. The first kappa shape index (κ1) is 17.1. The molecule has 3 saturated carbocycles. The van der Waals surface area contributed by atoms with Gasteiger partial charge >= 0.3 is 0 Å². The standard InChI is InChI=1S/C22H26N2O2/c23-22(25)19-3-1-2-18(14-19)17-4-6-21(7-5-17)26-9-8-24-20-12-15-10-16(11-15)13-20/h1-7,14-16,20,24H,8-13H2,(H2,23,25)/t15-,16+,20?. The lowest BCUT2D eigenvalue weighted by molar-refractivity contribution is 0.0832. The van der Waals surface area contributed by atoms with E-state index >= 15 is 0 Å². The Morgan fingerprint density at radius 1 is 1.00 bits per heavy atom. The molecule has 0 aromatic heterocycles. The van der Waals surface area contributed by atoms with Crippen molar-refractivity contribution in [3.63, 3.8) is 0 Å². The number of carbonyl (C=O) groups is 1. The van der Waals surface area contributed by atoms with Gasteiger partial charge in [0.1, 0.15) is 12.4 Å². The fourth-order valence-electron chi connectivity index (χ4n) is 4.35. The summed E-state index contributed by atoms with van der Waals surface area (Å²) >= 11 is 0. The van der Waals surface area contributed by atoms with E-state index in [0.717, 1.165) is 35.3 Å². The van der Waals surface area contributed by atoms with Gasteiger partial charge < -0.3 is 15.8 Å². The predicted molar refractivity (Wildman–Crippen MR) is 103 cm³/mol. The van der Waals surface area contributed by atoms with Crippen LogP contribution < -0.4 is 15.8 Å². The zero-order valence-corrected chi connectivity index (χ0v) is 15.0. The summed E-state index contributed by atoms with van der Waals surface area (Å²) in [6, 6.07) is 16.0. The highest BCUT2D eigenvalue weighted by Gasteiger charge is 2.37. The molecule has 136 valence electrons. The van der Waals surface area contributed by atoms with Gasteiger partial charge in [-0.3, -0.25) is 4.79 Å². The van der Waals surface area contributed by atoms with E-state index in [0.29, 0.717) is 18.2 Å². The maximum absolute atomic E-state index is 11.3. The van der Waals surface area contributed by atoms with Crippen LogP contribution in [-0.2, 0) is 0 Å². The molecule has 2 aromatic rings. The lowest BCUT2D eigenvalue weighted by Crippen LogP contribution is -2.44. The van der Waals surface area contributed by atoms with Crippen molar-refractivity contribution in [2.24, 2.45) is 17.6 Å². The van der Waals surface area contributed by atoms with E-state index in [1.165, 1.54) is 25.7 Å². The Balaban J connectivity index is 1.26. The number of hydrogen-bond acceptors (Lipinski definition) is 3. The number of amides is 1. The zero-order chi connectivity index (χ0) is 17.9. The summed E-state index contributed by atoms with van der Waals surface area (Å²) in [5.74, 6) is 2.42. The zero-order valence-electron chi connectivity index (χ0n) is 15.0. The number of fused-ring (bicyclic) bond motifs is 2. The van der Waals surface area contributed by atoms with Gasteiger partial charge in [-0.25, -0.2) is 0 Å². The van der Waals surface area contributed by atoms with E-state index in [4.69, 9.17) is 10.5 Å². The molecule has 2 aromatic carbocycles. The summed E-state index contributed by atoms with van der Waals surface area (Å²) < 4.78 is 5.85. The average molecular weight is 350 g/mol. The van der Waals surface area contributed by atoms with Crippen molar-refractivity contribution in [2.75, 3.05) is 13.2 Å². The van der Waals surface area contributed by atoms with E-state index in [1.54, 1.807) is 6.07 Å². The molecule has 3 aliphatic carbocycles. The number of primary amides is 1. The second-order valence-electron chi connectivity index (χ2n) is 7.64. The number of ether oxygens (including phenoxy) is 1.